The van der Waals surface area contributed by atoms with Crippen LogP contribution in [0.3, 0.4) is 0 Å². The van der Waals surface area contributed by atoms with Gasteiger partial charge in [-0.25, -0.2) is 0 Å². The average molecular weight is 300 g/mol. The molecule has 0 saturated carbocycles. The first-order valence-corrected chi connectivity index (χ1v) is 9.32. The Bertz CT molecular complexity index is 229. The second-order valence-electron chi connectivity index (χ2n) is 6.76. The Labute approximate surface area is 133 Å². The molecule has 0 aromatic heterocycles. The molecule has 2 atom stereocenters. The van der Waals surface area contributed by atoms with Crippen LogP contribution in [-0.4, -0.2) is 11.7 Å². The molecule has 0 aliphatic heterocycles. The standard InChI is InChI=1S/C18H41N3/c1-4-7-8-9-10-11-12-13-14-15-16(17(19)5-2)18(20,21)6-3/h16-17H,4-15,19-21H2,1-3H3. The maximum absolute atomic E-state index is 6.24. The van der Waals surface area contributed by atoms with Gasteiger partial charge in [0, 0.05) is 12.0 Å². The zero-order valence-corrected chi connectivity index (χ0v) is 14.9. The van der Waals surface area contributed by atoms with E-state index in [2.05, 4.69) is 20.8 Å². The molecular formula is C18H41N3. The van der Waals surface area contributed by atoms with Crippen molar-refractivity contribution in [1.82, 2.24) is 0 Å². The Morgan fingerprint density at radius 1 is 0.762 bits per heavy atom. The van der Waals surface area contributed by atoms with Gasteiger partial charge in [0.05, 0.1) is 5.66 Å². The second-order valence-corrected chi connectivity index (χ2v) is 6.76. The van der Waals surface area contributed by atoms with Gasteiger partial charge >= 0.3 is 0 Å². The summed E-state index contributed by atoms with van der Waals surface area (Å²) in [6.45, 7) is 6.45. The Hall–Kier alpha value is -0.120. The van der Waals surface area contributed by atoms with Gasteiger partial charge in [-0.3, -0.25) is 0 Å². The highest BCUT2D eigenvalue weighted by molar-refractivity contribution is 4.90. The largest absolute Gasteiger partial charge is 0.327 e. The van der Waals surface area contributed by atoms with Crippen molar-refractivity contribution in [3.05, 3.63) is 0 Å². The summed E-state index contributed by atoms with van der Waals surface area (Å²) >= 11 is 0. The van der Waals surface area contributed by atoms with Crippen LogP contribution in [0, 0.1) is 5.92 Å². The lowest BCUT2D eigenvalue weighted by Crippen LogP contribution is -2.60. The van der Waals surface area contributed by atoms with Gasteiger partial charge in [-0.15, -0.1) is 0 Å². The summed E-state index contributed by atoms with van der Waals surface area (Å²) in [6.07, 6.45) is 15.0. The third kappa shape index (κ3) is 9.49. The number of hydrogen-bond acceptors (Lipinski definition) is 3. The van der Waals surface area contributed by atoms with Crippen molar-refractivity contribution < 1.29 is 0 Å². The van der Waals surface area contributed by atoms with E-state index in [9.17, 15) is 0 Å². The van der Waals surface area contributed by atoms with E-state index in [0.29, 0.717) is 0 Å². The molecule has 0 fully saturated rings. The highest BCUT2D eigenvalue weighted by Crippen LogP contribution is 2.24. The molecule has 0 saturated heterocycles. The number of rotatable bonds is 14. The Kier molecular flexibility index (Phi) is 12.4. The molecule has 0 aromatic carbocycles. The Morgan fingerprint density at radius 3 is 1.67 bits per heavy atom. The number of hydrogen-bond donors (Lipinski definition) is 3. The molecule has 0 aliphatic rings. The molecule has 0 radical (unpaired) electrons. The molecule has 128 valence electrons. The first kappa shape index (κ1) is 20.9. The molecule has 0 heterocycles. The van der Waals surface area contributed by atoms with E-state index in [1.807, 2.05) is 0 Å². The van der Waals surface area contributed by atoms with Gasteiger partial charge in [-0.2, -0.15) is 0 Å². The molecule has 3 heteroatoms. The molecule has 3 nitrogen and oxygen atoms in total. The lowest BCUT2D eigenvalue weighted by Gasteiger charge is -2.37. The van der Waals surface area contributed by atoms with Crippen molar-refractivity contribution in [3.8, 4) is 0 Å². The topological polar surface area (TPSA) is 78.1 Å². The van der Waals surface area contributed by atoms with Gasteiger partial charge in [0.2, 0.25) is 0 Å². The first-order valence-electron chi connectivity index (χ1n) is 9.32. The molecule has 0 aliphatic carbocycles. The summed E-state index contributed by atoms with van der Waals surface area (Å²) in [5.74, 6) is 0.247. The predicted octanol–water partition coefficient (Wildman–Crippen LogP) is 4.28. The van der Waals surface area contributed by atoms with E-state index in [1.165, 1.54) is 57.8 Å². The zero-order valence-electron chi connectivity index (χ0n) is 14.9. The van der Waals surface area contributed by atoms with Gasteiger partial charge in [-0.1, -0.05) is 78.6 Å². The summed E-state index contributed by atoms with van der Waals surface area (Å²) in [7, 11) is 0. The smallest absolute Gasteiger partial charge is 0.0677 e. The van der Waals surface area contributed by atoms with Crippen LogP contribution in [-0.2, 0) is 0 Å². The van der Waals surface area contributed by atoms with Crippen LogP contribution in [0.25, 0.3) is 0 Å². The zero-order chi connectivity index (χ0) is 16.1. The fraction of sp³-hybridized carbons (Fsp3) is 1.00. The second kappa shape index (κ2) is 12.4. The lowest BCUT2D eigenvalue weighted by molar-refractivity contribution is 0.206. The van der Waals surface area contributed by atoms with Crippen LogP contribution in [0.4, 0.5) is 0 Å². The third-order valence-corrected chi connectivity index (χ3v) is 4.91. The summed E-state index contributed by atoms with van der Waals surface area (Å²) in [4.78, 5) is 0. The van der Waals surface area contributed by atoms with Crippen LogP contribution in [0.5, 0.6) is 0 Å². The van der Waals surface area contributed by atoms with Crippen molar-refractivity contribution in [1.29, 1.82) is 0 Å². The molecule has 0 aromatic rings. The van der Waals surface area contributed by atoms with Crippen molar-refractivity contribution in [2.45, 2.75) is 110 Å². The summed E-state index contributed by atoms with van der Waals surface area (Å²) in [5, 5.41) is 0. The molecule has 2 unspecified atom stereocenters. The van der Waals surface area contributed by atoms with E-state index in [0.717, 1.165) is 19.3 Å². The average Bonchev–Trinajstić information content (AvgIpc) is 2.48. The minimum Gasteiger partial charge on any atom is -0.327 e. The predicted molar refractivity (Wildman–Crippen MR) is 95.0 cm³/mol. The van der Waals surface area contributed by atoms with E-state index in [1.54, 1.807) is 0 Å². The normalized spacial score (nSPS) is 15.1. The maximum atomic E-state index is 6.24. The van der Waals surface area contributed by atoms with Crippen LogP contribution in [0.15, 0.2) is 0 Å². The minimum atomic E-state index is -0.602. The molecule has 21 heavy (non-hydrogen) atoms. The fourth-order valence-electron chi connectivity index (χ4n) is 3.10. The van der Waals surface area contributed by atoms with Crippen LogP contribution < -0.4 is 17.2 Å². The molecule has 6 N–H and O–H groups in total. The van der Waals surface area contributed by atoms with E-state index in [4.69, 9.17) is 17.2 Å². The molecule has 0 rings (SSSR count). The van der Waals surface area contributed by atoms with Crippen molar-refractivity contribution in [2.75, 3.05) is 0 Å². The number of nitrogens with two attached hydrogens (primary N) is 3. The van der Waals surface area contributed by atoms with Gasteiger partial charge in [0.1, 0.15) is 0 Å². The van der Waals surface area contributed by atoms with Crippen LogP contribution >= 0.6 is 0 Å². The van der Waals surface area contributed by atoms with E-state index < -0.39 is 5.66 Å². The Balaban J connectivity index is 3.79. The van der Waals surface area contributed by atoms with Crippen molar-refractivity contribution in [3.63, 3.8) is 0 Å². The van der Waals surface area contributed by atoms with Crippen LogP contribution in [0.2, 0.25) is 0 Å². The van der Waals surface area contributed by atoms with E-state index >= 15 is 0 Å². The summed E-state index contributed by atoms with van der Waals surface area (Å²) in [5.41, 5.74) is 18.1. The first-order chi connectivity index (χ1) is 9.99. The number of unbranched alkanes of at least 4 members (excludes halogenated alkanes) is 8. The quantitative estimate of drug-likeness (QED) is 0.331. The monoisotopic (exact) mass is 299 g/mol. The minimum absolute atomic E-state index is 0.133. The van der Waals surface area contributed by atoms with Crippen LogP contribution in [0.1, 0.15) is 97.8 Å². The summed E-state index contributed by atoms with van der Waals surface area (Å²) < 4.78 is 0. The third-order valence-electron chi connectivity index (χ3n) is 4.91. The van der Waals surface area contributed by atoms with Gasteiger partial charge in [0.25, 0.3) is 0 Å². The molecule has 0 amide bonds. The SMILES string of the molecule is CCCCCCCCCCCC(C(N)CC)C(N)(N)CC. The highest BCUT2D eigenvalue weighted by atomic mass is 15.0. The molecule has 0 bridgehead atoms. The summed E-state index contributed by atoms with van der Waals surface area (Å²) in [6, 6.07) is 0.133. The maximum Gasteiger partial charge on any atom is 0.0677 e. The van der Waals surface area contributed by atoms with Gasteiger partial charge < -0.3 is 17.2 Å². The van der Waals surface area contributed by atoms with Crippen molar-refractivity contribution in [2.24, 2.45) is 23.1 Å². The van der Waals surface area contributed by atoms with Gasteiger partial charge in [-0.05, 0) is 19.3 Å². The molecule has 0 spiro atoms. The molecular weight excluding hydrogens is 258 g/mol. The van der Waals surface area contributed by atoms with Gasteiger partial charge in [0.15, 0.2) is 0 Å². The van der Waals surface area contributed by atoms with Crippen molar-refractivity contribution >= 4 is 0 Å². The lowest BCUT2D eigenvalue weighted by atomic mass is 9.80. The fourth-order valence-corrected chi connectivity index (χ4v) is 3.10. The Morgan fingerprint density at radius 2 is 1.24 bits per heavy atom. The van der Waals surface area contributed by atoms with E-state index in [-0.39, 0.29) is 12.0 Å². The highest BCUT2D eigenvalue weighted by Gasteiger charge is 2.32.